The summed E-state index contributed by atoms with van der Waals surface area (Å²) in [6.45, 7) is 0.0511. The van der Waals surface area contributed by atoms with Gasteiger partial charge in [0.15, 0.2) is 0 Å². The van der Waals surface area contributed by atoms with Gasteiger partial charge in [0.05, 0.1) is 28.9 Å². The van der Waals surface area contributed by atoms with Crippen molar-refractivity contribution in [3.8, 4) is 33.5 Å². The van der Waals surface area contributed by atoms with Crippen molar-refractivity contribution in [2.75, 3.05) is 18.9 Å². The average molecular weight is 591 g/mol. The minimum absolute atomic E-state index is 0.109. The van der Waals surface area contributed by atoms with Gasteiger partial charge in [-0.2, -0.15) is 5.26 Å². The van der Waals surface area contributed by atoms with Crippen molar-refractivity contribution < 1.29 is 14.6 Å². The van der Waals surface area contributed by atoms with Gasteiger partial charge in [-0.3, -0.25) is 4.79 Å². The number of hydrogen-bond donors (Lipinski definition) is 3. The summed E-state index contributed by atoms with van der Waals surface area (Å²) in [5.41, 5.74) is 16.1. The lowest BCUT2D eigenvalue weighted by Crippen LogP contribution is -2.17. The first-order chi connectivity index (χ1) is 19.3. The van der Waals surface area contributed by atoms with E-state index < -0.39 is 5.91 Å². The maximum atomic E-state index is 12.3. The molecule has 5 rings (SSSR count). The van der Waals surface area contributed by atoms with E-state index in [9.17, 15) is 10.1 Å². The number of halogens is 1. The van der Waals surface area contributed by atoms with Gasteiger partial charge in [0.2, 0.25) is 0 Å². The molecule has 5 N–H and O–H groups in total. The molecule has 0 saturated carbocycles. The van der Waals surface area contributed by atoms with Crippen LogP contribution in [0.3, 0.4) is 0 Å². The van der Waals surface area contributed by atoms with Crippen LogP contribution in [0.2, 0.25) is 5.02 Å². The van der Waals surface area contributed by atoms with Crippen LogP contribution in [-0.2, 0) is 12.8 Å². The molecule has 0 radical (unpaired) electrons. The highest BCUT2D eigenvalue weighted by Gasteiger charge is 2.26. The standard InChI is InChI=1S/C28H23ClN6O3S2/c1-35-24(25(32)37)23(31)22-21(15-4-8-19(9-5-15)38-11-10-36)20(12-30)28(34-26(22)35)40-14-18-13-39-27(33-18)16-2-6-17(29)7-3-16/h2-9,13,36H,10-11,14,31H2,1H3,(H2,32,37). The maximum absolute atomic E-state index is 12.3. The van der Waals surface area contributed by atoms with Gasteiger partial charge in [-0.25, -0.2) is 9.97 Å². The topological polar surface area (TPSA) is 153 Å². The fourth-order valence-corrected chi connectivity index (χ4v) is 6.30. The molecule has 0 fully saturated rings. The molecule has 12 heteroatoms. The number of aliphatic hydroxyl groups is 1. The number of aliphatic hydroxyl groups excluding tert-OH is 1. The Labute approximate surface area is 243 Å². The smallest absolute Gasteiger partial charge is 0.267 e. The maximum Gasteiger partial charge on any atom is 0.267 e. The summed E-state index contributed by atoms with van der Waals surface area (Å²) in [7, 11) is 1.67. The fraction of sp³-hybridized carbons (Fsp3) is 0.143. The molecule has 0 aliphatic rings. The molecule has 0 aliphatic carbocycles. The van der Waals surface area contributed by atoms with Crippen LogP contribution in [0, 0.1) is 11.3 Å². The highest BCUT2D eigenvalue weighted by atomic mass is 35.5. The van der Waals surface area contributed by atoms with Gasteiger partial charge in [0.1, 0.15) is 39.8 Å². The third kappa shape index (κ3) is 5.22. The molecule has 2 aromatic carbocycles. The van der Waals surface area contributed by atoms with Crippen LogP contribution in [-0.4, -0.2) is 38.8 Å². The zero-order chi connectivity index (χ0) is 28.4. The predicted octanol–water partition coefficient (Wildman–Crippen LogP) is 5.23. The van der Waals surface area contributed by atoms with E-state index in [0.717, 1.165) is 16.3 Å². The molecule has 0 unspecified atom stereocenters. The minimum atomic E-state index is -0.693. The number of carbonyl (C=O) groups excluding carboxylic acids is 1. The number of aryl methyl sites for hydroxylation is 1. The van der Waals surface area contributed by atoms with Gasteiger partial charge in [0, 0.05) is 34.3 Å². The molecular formula is C28H23ClN6O3S2. The normalized spacial score (nSPS) is 11.1. The van der Waals surface area contributed by atoms with E-state index in [1.54, 1.807) is 35.9 Å². The molecule has 0 bridgehead atoms. The first-order valence-electron chi connectivity index (χ1n) is 12.0. The van der Waals surface area contributed by atoms with Crippen LogP contribution in [0.4, 0.5) is 5.69 Å². The quantitative estimate of drug-likeness (QED) is 0.197. The fourth-order valence-electron chi connectivity index (χ4n) is 4.37. The predicted molar refractivity (Wildman–Crippen MR) is 158 cm³/mol. The Hall–Kier alpha value is -4.08. The lowest BCUT2D eigenvalue weighted by Gasteiger charge is -2.13. The SMILES string of the molecule is Cn1c(C(N)=O)c(N)c2c(-c3ccc(OCCO)cc3)c(C#N)c(SCc3csc(-c4ccc(Cl)cc4)n3)nc21. The van der Waals surface area contributed by atoms with Crippen LogP contribution >= 0.6 is 34.7 Å². The molecule has 1 amide bonds. The number of primary amides is 1. The Morgan fingerprint density at radius 2 is 1.88 bits per heavy atom. The van der Waals surface area contributed by atoms with Crippen molar-refractivity contribution in [1.29, 1.82) is 5.26 Å². The first-order valence-corrected chi connectivity index (χ1v) is 14.3. The molecule has 5 aromatic rings. The first kappa shape index (κ1) is 27.5. The highest BCUT2D eigenvalue weighted by molar-refractivity contribution is 7.98. The average Bonchev–Trinajstić information content (AvgIpc) is 3.52. The van der Waals surface area contributed by atoms with Crippen LogP contribution in [0.25, 0.3) is 32.7 Å². The number of anilines is 1. The molecule has 3 aromatic heterocycles. The second-order valence-corrected chi connectivity index (χ2v) is 11.0. The van der Waals surface area contributed by atoms with Crippen molar-refractivity contribution in [2.45, 2.75) is 10.8 Å². The summed E-state index contributed by atoms with van der Waals surface area (Å²) in [5, 5.41) is 23.8. The number of nitrogen functional groups attached to an aromatic ring is 1. The number of benzene rings is 2. The van der Waals surface area contributed by atoms with Crippen LogP contribution in [0.1, 0.15) is 21.7 Å². The Bertz CT molecular complexity index is 1760. The minimum Gasteiger partial charge on any atom is -0.491 e. The van der Waals surface area contributed by atoms with Crippen LogP contribution in [0.15, 0.2) is 58.9 Å². The van der Waals surface area contributed by atoms with Crippen molar-refractivity contribution in [3.63, 3.8) is 0 Å². The summed E-state index contributed by atoms with van der Waals surface area (Å²) < 4.78 is 7.04. The Balaban J connectivity index is 1.58. The lowest BCUT2D eigenvalue weighted by molar-refractivity contribution is 0.0994. The second kappa shape index (κ2) is 11.6. The van der Waals surface area contributed by atoms with E-state index in [0.29, 0.717) is 49.3 Å². The Morgan fingerprint density at radius 3 is 2.52 bits per heavy atom. The Morgan fingerprint density at radius 1 is 1.18 bits per heavy atom. The summed E-state index contributed by atoms with van der Waals surface area (Å²) in [5.74, 6) is 0.337. The summed E-state index contributed by atoms with van der Waals surface area (Å²) >= 11 is 8.91. The number of ether oxygens (including phenoxy) is 1. The van der Waals surface area contributed by atoms with Gasteiger partial charge in [-0.05, 0) is 29.8 Å². The number of nitrogens with zero attached hydrogens (tertiary/aromatic N) is 4. The molecule has 0 spiro atoms. The van der Waals surface area contributed by atoms with Gasteiger partial charge in [0.25, 0.3) is 5.91 Å². The molecule has 202 valence electrons. The molecule has 0 saturated heterocycles. The van der Waals surface area contributed by atoms with E-state index in [2.05, 4.69) is 6.07 Å². The molecule has 0 atom stereocenters. The summed E-state index contributed by atoms with van der Waals surface area (Å²) in [6, 6.07) is 16.9. The highest BCUT2D eigenvalue weighted by Crippen LogP contribution is 2.42. The number of rotatable bonds is 9. The molecular weight excluding hydrogens is 568 g/mol. The van der Waals surface area contributed by atoms with Crippen molar-refractivity contribution >= 4 is 57.3 Å². The molecule has 9 nitrogen and oxygen atoms in total. The zero-order valence-corrected chi connectivity index (χ0v) is 23.6. The van der Waals surface area contributed by atoms with Gasteiger partial charge >= 0.3 is 0 Å². The summed E-state index contributed by atoms with van der Waals surface area (Å²) in [6.07, 6.45) is 0. The van der Waals surface area contributed by atoms with Crippen LogP contribution in [0.5, 0.6) is 5.75 Å². The van der Waals surface area contributed by atoms with E-state index >= 15 is 0 Å². The molecule has 3 heterocycles. The van der Waals surface area contributed by atoms with E-state index in [-0.39, 0.29) is 24.6 Å². The number of hydrogen-bond acceptors (Lipinski definition) is 9. The number of amides is 1. The Kier molecular flexibility index (Phi) is 7.95. The third-order valence-electron chi connectivity index (χ3n) is 6.17. The number of thioether (sulfide) groups is 1. The third-order valence-corrected chi connectivity index (χ3v) is 8.37. The van der Waals surface area contributed by atoms with E-state index in [1.807, 2.05) is 29.6 Å². The van der Waals surface area contributed by atoms with Gasteiger partial charge < -0.3 is 25.9 Å². The van der Waals surface area contributed by atoms with Crippen molar-refractivity contribution in [2.24, 2.45) is 12.8 Å². The molecule has 0 aliphatic heterocycles. The molecule has 40 heavy (non-hydrogen) atoms. The van der Waals surface area contributed by atoms with Gasteiger partial charge in [-0.1, -0.05) is 47.6 Å². The second-order valence-electron chi connectivity index (χ2n) is 8.70. The van der Waals surface area contributed by atoms with Crippen molar-refractivity contribution in [3.05, 3.63) is 75.9 Å². The van der Waals surface area contributed by atoms with Crippen molar-refractivity contribution in [1.82, 2.24) is 14.5 Å². The van der Waals surface area contributed by atoms with Gasteiger partial charge in [-0.15, -0.1) is 11.3 Å². The number of nitrogens with two attached hydrogens (primary N) is 2. The van der Waals surface area contributed by atoms with E-state index in [4.69, 9.17) is 42.9 Å². The number of fused-ring (bicyclic) bond motifs is 1. The number of aromatic nitrogens is 3. The van der Waals surface area contributed by atoms with E-state index in [1.165, 1.54) is 23.1 Å². The lowest BCUT2D eigenvalue weighted by atomic mass is 9.98. The number of carbonyl (C=O) groups is 1. The van der Waals surface area contributed by atoms with Crippen LogP contribution < -0.4 is 16.2 Å². The number of pyridine rings is 1. The largest absolute Gasteiger partial charge is 0.491 e. The number of thiazole rings is 1. The monoisotopic (exact) mass is 590 g/mol. The zero-order valence-electron chi connectivity index (χ0n) is 21.2. The number of nitriles is 1. The summed E-state index contributed by atoms with van der Waals surface area (Å²) in [4.78, 5) is 21.8.